The summed E-state index contributed by atoms with van der Waals surface area (Å²) in [6.07, 6.45) is 10.0. The zero-order chi connectivity index (χ0) is 21.5. The number of nitrogens with zero attached hydrogens (tertiary/aromatic N) is 2. The Morgan fingerprint density at radius 2 is 1.81 bits per heavy atom. The molecule has 5 heteroatoms. The molecule has 0 radical (unpaired) electrons. The van der Waals surface area contributed by atoms with Crippen molar-refractivity contribution in [3.63, 3.8) is 0 Å². The van der Waals surface area contributed by atoms with Crippen molar-refractivity contribution in [3.05, 3.63) is 84.4 Å². The Morgan fingerprint density at radius 1 is 1.00 bits per heavy atom. The molecule has 0 aliphatic heterocycles. The molecule has 0 bridgehead atoms. The number of hydrogen-bond donors (Lipinski definition) is 2. The lowest BCUT2D eigenvalue weighted by molar-refractivity contribution is -0.127. The van der Waals surface area contributed by atoms with E-state index in [0.29, 0.717) is 12.3 Å². The van der Waals surface area contributed by atoms with E-state index in [1.807, 2.05) is 48.8 Å². The Hall–Kier alpha value is -3.05. The van der Waals surface area contributed by atoms with Crippen LogP contribution in [0.5, 0.6) is 0 Å². The average molecular weight is 415 g/mol. The summed E-state index contributed by atoms with van der Waals surface area (Å²) < 4.78 is 0. The molecule has 5 nitrogen and oxygen atoms in total. The van der Waals surface area contributed by atoms with Gasteiger partial charge in [-0.3, -0.25) is 14.8 Å². The molecule has 1 saturated carbocycles. The SMILES string of the molecule is NC[C@H]1CC[C@H](C(=O)NC(Cc2ccccc2)c2cc(-c3cccnc3)ccn2)CC1. The van der Waals surface area contributed by atoms with Crippen LogP contribution in [0.15, 0.2) is 73.2 Å². The summed E-state index contributed by atoms with van der Waals surface area (Å²) in [6.45, 7) is 0.718. The first-order valence-corrected chi connectivity index (χ1v) is 11.1. The van der Waals surface area contributed by atoms with Gasteiger partial charge in [-0.05, 0) is 73.9 Å². The van der Waals surface area contributed by atoms with Crippen molar-refractivity contribution in [1.82, 2.24) is 15.3 Å². The molecule has 3 N–H and O–H groups in total. The number of amides is 1. The highest BCUT2D eigenvalue weighted by Gasteiger charge is 2.28. The molecule has 0 spiro atoms. The smallest absolute Gasteiger partial charge is 0.223 e. The lowest BCUT2D eigenvalue weighted by Crippen LogP contribution is -2.37. The average Bonchev–Trinajstić information content (AvgIpc) is 2.85. The molecule has 2 heterocycles. The number of hydrogen-bond acceptors (Lipinski definition) is 4. The lowest BCUT2D eigenvalue weighted by atomic mass is 9.81. The fourth-order valence-electron chi connectivity index (χ4n) is 4.38. The third kappa shape index (κ3) is 5.56. The summed E-state index contributed by atoms with van der Waals surface area (Å²) in [6, 6.07) is 18.1. The molecule has 1 fully saturated rings. The number of pyridine rings is 2. The molecular formula is C26H30N4O. The molecule has 1 aliphatic rings. The van der Waals surface area contributed by atoms with Gasteiger partial charge in [-0.2, -0.15) is 0 Å². The highest BCUT2D eigenvalue weighted by Crippen LogP contribution is 2.29. The molecule has 1 atom stereocenters. The molecule has 1 aliphatic carbocycles. The zero-order valence-electron chi connectivity index (χ0n) is 17.8. The van der Waals surface area contributed by atoms with Crippen LogP contribution in [0.1, 0.15) is 43.0 Å². The normalized spacial score (nSPS) is 19.5. The summed E-state index contributed by atoms with van der Waals surface area (Å²) in [7, 11) is 0. The van der Waals surface area contributed by atoms with Crippen molar-refractivity contribution in [2.75, 3.05) is 6.54 Å². The number of benzene rings is 1. The van der Waals surface area contributed by atoms with Crippen LogP contribution in [0.2, 0.25) is 0 Å². The standard InChI is InChI=1S/C26H30N4O/c27-17-20-8-10-21(11-9-20)26(31)30-25(15-19-5-2-1-3-6-19)24-16-22(12-14-29-24)23-7-4-13-28-18-23/h1-7,12-14,16,18,20-21,25H,8-11,15,17,27H2,(H,30,31)/t20-,21-,25?. The van der Waals surface area contributed by atoms with Gasteiger partial charge in [0.1, 0.15) is 0 Å². The third-order valence-electron chi connectivity index (χ3n) is 6.28. The number of nitrogens with two attached hydrogens (primary N) is 1. The van der Waals surface area contributed by atoms with Crippen LogP contribution in [0, 0.1) is 11.8 Å². The van der Waals surface area contributed by atoms with E-state index in [2.05, 4.69) is 33.5 Å². The molecule has 1 aromatic carbocycles. The molecule has 31 heavy (non-hydrogen) atoms. The number of nitrogens with one attached hydrogen (secondary N) is 1. The van der Waals surface area contributed by atoms with Crippen molar-refractivity contribution in [3.8, 4) is 11.1 Å². The fourth-order valence-corrected chi connectivity index (χ4v) is 4.38. The third-order valence-corrected chi connectivity index (χ3v) is 6.28. The predicted molar refractivity (Wildman–Crippen MR) is 123 cm³/mol. The van der Waals surface area contributed by atoms with Gasteiger partial charge in [-0.25, -0.2) is 0 Å². The fraction of sp³-hybridized carbons (Fsp3) is 0.346. The maximum absolute atomic E-state index is 13.1. The van der Waals surface area contributed by atoms with Crippen LogP contribution < -0.4 is 11.1 Å². The quantitative estimate of drug-likeness (QED) is 0.604. The van der Waals surface area contributed by atoms with Gasteiger partial charge < -0.3 is 11.1 Å². The van der Waals surface area contributed by atoms with Crippen LogP contribution >= 0.6 is 0 Å². The second kappa shape index (κ2) is 10.3. The molecule has 160 valence electrons. The first-order valence-electron chi connectivity index (χ1n) is 11.1. The monoisotopic (exact) mass is 414 g/mol. The molecular weight excluding hydrogens is 384 g/mol. The van der Waals surface area contributed by atoms with Crippen LogP contribution in [-0.4, -0.2) is 22.4 Å². The number of aromatic nitrogens is 2. The second-order valence-electron chi connectivity index (χ2n) is 8.42. The van der Waals surface area contributed by atoms with Gasteiger partial charge in [0.05, 0.1) is 11.7 Å². The molecule has 2 aromatic heterocycles. The van der Waals surface area contributed by atoms with Crippen molar-refractivity contribution in [1.29, 1.82) is 0 Å². The van der Waals surface area contributed by atoms with Crippen molar-refractivity contribution >= 4 is 5.91 Å². The van der Waals surface area contributed by atoms with Crippen molar-refractivity contribution in [2.45, 2.75) is 38.1 Å². The molecule has 1 amide bonds. The van der Waals surface area contributed by atoms with Crippen molar-refractivity contribution < 1.29 is 4.79 Å². The molecule has 3 aromatic rings. The van der Waals surface area contributed by atoms with E-state index in [0.717, 1.165) is 49.0 Å². The highest BCUT2D eigenvalue weighted by molar-refractivity contribution is 5.79. The van der Waals surface area contributed by atoms with Crippen LogP contribution in [0.25, 0.3) is 11.1 Å². The second-order valence-corrected chi connectivity index (χ2v) is 8.42. The summed E-state index contributed by atoms with van der Waals surface area (Å²) in [5.41, 5.74) is 9.95. The van der Waals surface area contributed by atoms with E-state index in [4.69, 9.17) is 5.73 Å². The van der Waals surface area contributed by atoms with Gasteiger partial charge >= 0.3 is 0 Å². The van der Waals surface area contributed by atoms with E-state index in [1.165, 1.54) is 5.56 Å². The van der Waals surface area contributed by atoms with E-state index in [-0.39, 0.29) is 17.9 Å². The zero-order valence-corrected chi connectivity index (χ0v) is 17.8. The summed E-state index contributed by atoms with van der Waals surface area (Å²) in [5.74, 6) is 0.745. The van der Waals surface area contributed by atoms with Gasteiger partial charge in [0, 0.05) is 30.1 Å². The molecule has 1 unspecified atom stereocenters. The minimum Gasteiger partial charge on any atom is -0.347 e. The summed E-state index contributed by atoms with van der Waals surface area (Å²) in [4.78, 5) is 22.0. The maximum atomic E-state index is 13.1. The number of rotatable bonds is 7. The van der Waals surface area contributed by atoms with Crippen LogP contribution in [0.3, 0.4) is 0 Å². The van der Waals surface area contributed by atoms with Gasteiger partial charge in [0.2, 0.25) is 5.91 Å². The summed E-state index contributed by atoms with van der Waals surface area (Å²) in [5, 5.41) is 3.31. The molecule has 4 rings (SSSR count). The van der Waals surface area contributed by atoms with Crippen LogP contribution in [0.4, 0.5) is 0 Å². The Morgan fingerprint density at radius 3 is 2.52 bits per heavy atom. The Kier molecular flexibility index (Phi) is 7.05. The summed E-state index contributed by atoms with van der Waals surface area (Å²) >= 11 is 0. The predicted octanol–water partition coefficient (Wildman–Crippen LogP) is 4.31. The van der Waals surface area contributed by atoms with E-state index < -0.39 is 0 Å². The van der Waals surface area contributed by atoms with E-state index >= 15 is 0 Å². The van der Waals surface area contributed by atoms with Gasteiger partial charge in [0.25, 0.3) is 0 Å². The minimum atomic E-state index is -0.182. The first kappa shape index (κ1) is 21.2. The topological polar surface area (TPSA) is 80.9 Å². The van der Waals surface area contributed by atoms with E-state index in [9.17, 15) is 4.79 Å². The largest absolute Gasteiger partial charge is 0.347 e. The molecule has 0 saturated heterocycles. The van der Waals surface area contributed by atoms with Crippen LogP contribution in [-0.2, 0) is 11.2 Å². The first-order chi connectivity index (χ1) is 15.2. The maximum Gasteiger partial charge on any atom is 0.223 e. The Balaban J connectivity index is 1.55. The lowest BCUT2D eigenvalue weighted by Gasteiger charge is -2.28. The Labute approximate surface area is 184 Å². The van der Waals surface area contributed by atoms with E-state index in [1.54, 1.807) is 6.20 Å². The van der Waals surface area contributed by atoms with Gasteiger partial charge in [0.15, 0.2) is 0 Å². The van der Waals surface area contributed by atoms with Gasteiger partial charge in [-0.15, -0.1) is 0 Å². The van der Waals surface area contributed by atoms with Crippen molar-refractivity contribution in [2.24, 2.45) is 17.6 Å². The Bertz CT molecular complexity index is 969. The number of carbonyl (C=O) groups excluding carboxylic acids is 1. The van der Waals surface area contributed by atoms with Gasteiger partial charge in [-0.1, -0.05) is 36.4 Å². The highest BCUT2D eigenvalue weighted by atomic mass is 16.1. The number of carbonyl (C=O) groups is 1. The minimum absolute atomic E-state index is 0.0579.